The molecular weight excluding hydrogens is 550 g/mol. The predicted molar refractivity (Wildman–Crippen MR) is 169 cm³/mol. The first-order valence-corrected chi connectivity index (χ1v) is 15.2. The van der Waals surface area contributed by atoms with Gasteiger partial charge in [-0.15, -0.1) is 0 Å². The molecule has 2 amide bonds. The Balaban J connectivity index is 1.76. The van der Waals surface area contributed by atoms with Crippen molar-refractivity contribution in [1.29, 1.82) is 0 Å². The summed E-state index contributed by atoms with van der Waals surface area (Å²) in [6.07, 6.45) is 9.02. The van der Waals surface area contributed by atoms with Crippen LogP contribution in [0.1, 0.15) is 56.1 Å². The number of nitrogens with zero attached hydrogens (tertiary/aromatic N) is 5. The summed E-state index contributed by atoms with van der Waals surface area (Å²) in [7, 11) is 3.67. The van der Waals surface area contributed by atoms with Gasteiger partial charge in [0.1, 0.15) is 17.0 Å². The number of aromatic nitrogens is 2. The molecule has 0 N–H and O–H groups in total. The molecule has 10 heteroatoms. The first-order chi connectivity index (χ1) is 19.9. The third-order valence-corrected chi connectivity index (χ3v) is 7.19. The number of hydrogen-bond donors (Lipinski definition) is 0. The Morgan fingerprint density at radius 3 is 2.60 bits per heavy atom. The SMILES string of the molecule is C=C/C=C(\C=C(/C)N1CCN(C)c2nc(SC)ncc2C1=O)CO[C@@H](CCN(C)C(=O)OC(C)(C)C)c1ccccc1. The predicted octanol–water partition coefficient (Wildman–Crippen LogP) is 6.12. The van der Waals surface area contributed by atoms with Crippen molar-refractivity contribution < 1.29 is 19.1 Å². The highest BCUT2D eigenvalue weighted by atomic mass is 32.2. The highest BCUT2D eigenvalue weighted by molar-refractivity contribution is 7.98. The standard InChI is InChI=1S/C32H43N5O4S/c1-9-13-24(20-23(2)37-19-18-35(6)28-26(29(37)38)21-33-30(34-28)42-8)22-40-27(25-14-11-10-12-15-25)16-17-36(7)31(39)41-32(3,4)5/h9-15,20-21,27H,1,16-19,22H2,2-8H3/b23-20+,24-13+/t27-/m0/s1. The number of hydrogen-bond acceptors (Lipinski definition) is 8. The van der Waals surface area contributed by atoms with E-state index in [2.05, 4.69) is 16.5 Å². The van der Waals surface area contributed by atoms with Crippen LogP contribution < -0.4 is 4.90 Å². The number of anilines is 1. The Hall–Kier alpha value is -3.63. The Labute approximate surface area is 254 Å². The van der Waals surface area contributed by atoms with E-state index in [1.165, 1.54) is 11.8 Å². The molecule has 0 unspecified atom stereocenters. The van der Waals surface area contributed by atoms with Gasteiger partial charge in [0.15, 0.2) is 5.16 Å². The molecule has 2 aromatic rings. The molecule has 0 aliphatic carbocycles. The van der Waals surface area contributed by atoms with E-state index in [4.69, 9.17) is 9.47 Å². The van der Waals surface area contributed by atoms with Gasteiger partial charge in [0.05, 0.1) is 12.7 Å². The van der Waals surface area contributed by atoms with E-state index in [1.54, 1.807) is 29.1 Å². The normalized spacial score (nSPS) is 15.2. The van der Waals surface area contributed by atoms with Crippen molar-refractivity contribution >= 4 is 29.6 Å². The molecule has 2 heterocycles. The number of fused-ring (bicyclic) bond motifs is 1. The molecule has 0 spiro atoms. The lowest BCUT2D eigenvalue weighted by atomic mass is 10.1. The van der Waals surface area contributed by atoms with E-state index in [1.807, 2.05) is 88.4 Å². The van der Waals surface area contributed by atoms with Crippen molar-refractivity contribution in [3.8, 4) is 0 Å². The van der Waals surface area contributed by atoms with Crippen LogP contribution in [0.2, 0.25) is 0 Å². The second-order valence-corrected chi connectivity index (χ2v) is 11.9. The van der Waals surface area contributed by atoms with Crippen molar-refractivity contribution in [1.82, 2.24) is 19.8 Å². The van der Waals surface area contributed by atoms with Crippen molar-refractivity contribution in [2.45, 2.75) is 51.0 Å². The molecule has 0 bridgehead atoms. The largest absolute Gasteiger partial charge is 0.444 e. The van der Waals surface area contributed by atoms with Crippen LogP contribution in [0.4, 0.5) is 10.6 Å². The van der Waals surface area contributed by atoms with Crippen molar-refractivity contribution in [2.75, 3.05) is 51.5 Å². The van der Waals surface area contributed by atoms with Gasteiger partial charge in [-0.3, -0.25) is 4.79 Å². The molecule has 42 heavy (non-hydrogen) atoms. The second-order valence-electron chi connectivity index (χ2n) is 11.1. The summed E-state index contributed by atoms with van der Waals surface area (Å²) >= 11 is 1.45. The lowest BCUT2D eigenvalue weighted by Gasteiger charge is -2.26. The lowest BCUT2D eigenvalue weighted by Crippen LogP contribution is -2.35. The fraction of sp³-hybridized carbons (Fsp3) is 0.438. The van der Waals surface area contributed by atoms with Crippen LogP contribution in [-0.4, -0.2) is 84.0 Å². The molecule has 0 fully saturated rings. The van der Waals surface area contributed by atoms with Gasteiger partial charge in [-0.05, 0) is 57.6 Å². The minimum Gasteiger partial charge on any atom is -0.444 e. The van der Waals surface area contributed by atoms with Crippen LogP contribution in [0.5, 0.6) is 0 Å². The summed E-state index contributed by atoms with van der Waals surface area (Å²) in [6, 6.07) is 9.94. The molecule has 1 atom stereocenters. The Bertz CT molecular complexity index is 1310. The van der Waals surface area contributed by atoms with E-state index in [-0.39, 0.29) is 24.7 Å². The number of carbonyl (C=O) groups is 2. The van der Waals surface area contributed by atoms with E-state index >= 15 is 0 Å². The summed E-state index contributed by atoms with van der Waals surface area (Å²) in [5.41, 5.74) is 2.58. The van der Waals surface area contributed by atoms with Gasteiger partial charge in [-0.2, -0.15) is 0 Å². The van der Waals surface area contributed by atoms with Crippen LogP contribution in [0.15, 0.2) is 77.8 Å². The molecule has 9 nitrogen and oxygen atoms in total. The lowest BCUT2D eigenvalue weighted by molar-refractivity contribution is 0.0220. The number of allylic oxidation sites excluding steroid dienone is 3. The number of amides is 2. The summed E-state index contributed by atoms with van der Waals surface area (Å²) in [5, 5.41) is 0.632. The third-order valence-electron chi connectivity index (χ3n) is 6.63. The smallest absolute Gasteiger partial charge is 0.410 e. The Morgan fingerprint density at radius 2 is 1.95 bits per heavy atom. The van der Waals surface area contributed by atoms with E-state index < -0.39 is 5.60 Å². The van der Waals surface area contributed by atoms with Crippen LogP contribution in [-0.2, 0) is 9.47 Å². The first-order valence-electron chi connectivity index (χ1n) is 14.0. The monoisotopic (exact) mass is 593 g/mol. The average molecular weight is 594 g/mol. The fourth-order valence-corrected chi connectivity index (χ4v) is 4.76. The number of likely N-dealkylation sites (N-methyl/N-ethyl adjacent to an activating group) is 1. The number of carbonyl (C=O) groups excluding carboxylic acids is 2. The molecule has 1 aliphatic rings. The van der Waals surface area contributed by atoms with Gasteiger partial charge in [-0.1, -0.05) is 60.8 Å². The maximum Gasteiger partial charge on any atom is 0.410 e. The van der Waals surface area contributed by atoms with Gasteiger partial charge < -0.3 is 24.2 Å². The maximum absolute atomic E-state index is 13.6. The van der Waals surface area contributed by atoms with Crippen molar-refractivity contribution in [2.24, 2.45) is 0 Å². The Kier molecular flexibility index (Phi) is 11.8. The fourth-order valence-electron chi connectivity index (χ4n) is 4.43. The summed E-state index contributed by atoms with van der Waals surface area (Å²) in [5.74, 6) is 0.504. The molecule has 3 rings (SSSR count). The minimum atomic E-state index is -0.563. The summed E-state index contributed by atoms with van der Waals surface area (Å²) < 4.78 is 11.9. The van der Waals surface area contributed by atoms with E-state index in [9.17, 15) is 9.59 Å². The molecular formula is C32H43N5O4S. The van der Waals surface area contributed by atoms with E-state index in [0.29, 0.717) is 42.6 Å². The highest BCUT2D eigenvalue weighted by Crippen LogP contribution is 2.27. The number of thioether (sulfide) groups is 1. The average Bonchev–Trinajstić information content (AvgIpc) is 3.07. The zero-order valence-corrected chi connectivity index (χ0v) is 26.6. The quantitative estimate of drug-likeness (QED) is 0.175. The second kappa shape index (κ2) is 15.0. The molecule has 1 aliphatic heterocycles. The van der Waals surface area contributed by atoms with Crippen molar-refractivity contribution in [3.63, 3.8) is 0 Å². The number of rotatable bonds is 11. The highest BCUT2D eigenvalue weighted by Gasteiger charge is 2.28. The van der Waals surface area contributed by atoms with Crippen LogP contribution >= 0.6 is 11.8 Å². The zero-order valence-electron chi connectivity index (χ0n) is 25.8. The van der Waals surface area contributed by atoms with Gasteiger partial charge in [-0.25, -0.2) is 14.8 Å². The van der Waals surface area contributed by atoms with Gasteiger partial charge in [0.2, 0.25) is 0 Å². The molecule has 0 radical (unpaired) electrons. The summed E-state index contributed by atoms with van der Waals surface area (Å²) in [6.45, 7) is 13.2. The van der Waals surface area contributed by atoms with Crippen LogP contribution in [0, 0.1) is 0 Å². The molecule has 1 aromatic carbocycles. The van der Waals surface area contributed by atoms with Gasteiger partial charge in [0, 0.05) is 45.6 Å². The van der Waals surface area contributed by atoms with E-state index in [0.717, 1.165) is 16.8 Å². The Morgan fingerprint density at radius 1 is 1.24 bits per heavy atom. The first kappa shape index (κ1) is 32.9. The third kappa shape index (κ3) is 9.19. The molecule has 226 valence electrons. The maximum atomic E-state index is 13.6. The molecule has 1 aromatic heterocycles. The number of ether oxygens (including phenoxy) is 2. The van der Waals surface area contributed by atoms with Crippen LogP contribution in [0.25, 0.3) is 0 Å². The summed E-state index contributed by atoms with van der Waals surface area (Å²) in [4.78, 5) is 40.3. The minimum absolute atomic E-state index is 0.137. The van der Waals surface area contributed by atoms with Gasteiger partial charge >= 0.3 is 6.09 Å². The number of benzene rings is 1. The zero-order chi connectivity index (χ0) is 30.9. The topological polar surface area (TPSA) is 88.1 Å². The molecule has 0 saturated carbocycles. The van der Waals surface area contributed by atoms with Gasteiger partial charge in [0.25, 0.3) is 5.91 Å². The van der Waals surface area contributed by atoms with Crippen LogP contribution in [0.3, 0.4) is 0 Å². The van der Waals surface area contributed by atoms with Crippen molar-refractivity contribution in [3.05, 3.63) is 83.7 Å². The molecule has 0 saturated heterocycles.